The number of aromatic nitrogens is 3. The molecule has 0 amide bonds. The molecule has 8 heteroatoms. The summed E-state index contributed by atoms with van der Waals surface area (Å²) in [5.41, 5.74) is 4.05. The van der Waals surface area contributed by atoms with Gasteiger partial charge in [-0.05, 0) is 49.6 Å². The highest BCUT2D eigenvalue weighted by Gasteiger charge is 2.33. The normalized spacial score (nSPS) is 23.2. The topological polar surface area (TPSA) is 87.3 Å². The Morgan fingerprint density at radius 1 is 1.03 bits per heavy atom. The number of hydrogen-bond acceptors (Lipinski definition) is 7. The largest absolute Gasteiger partial charge is 0.507 e. The second kappa shape index (κ2) is 7.41. The van der Waals surface area contributed by atoms with Crippen LogP contribution in [0.1, 0.15) is 25.2 Å². The molecule has 1 saturated carbocycles. The fraction of sp³-hybridized carbons (Fsp3) is 0.375. The molecule has 1 aromatic carbocycles. The van der Waals surface area contributed by atoms with Crippen molar-refractivity contribution < 1.29 is 13.9 Å². The van der Waals surface area contributed by atoms with E-state index in [9.17, 15) is 9.50 Å². The Kier molecular flexibility index (Phi) is 4.50. The Morgan fingerprint density at radius 2 is 1.84 bits per heavy atom. The maximum Gasteiger partial charge on any atom is 0.192 e. The lowest BCUT2D eigenvalue weighted by Gasteiger charge is -2.33. The van der Waals surface area contributed by atoms with Crippen LogP contribution in [0.5, 0.6) is 5.75 Å². The van der Waals surface area contributed by atoms with Gasteiger partial charge in [-0.25, -0.2) is 19.3 Å². The number of phenols is 1. The maximum absolute atomic E-state index is 13.1. The van der Waals surface area contributed by atoms with Gasteiger partial charge in [-0.1, -0.05) is 0 Å². The van der Waals surface area contributed by atoms with Crippen LogP contribution in [-0.4, -0.2) is 51.4 Å². The zero-order chi connectivity index (χ0) is 21.8. The number of hydrogen-bond donors (Lipinski definition) is 2. The molecule has 2 fully saturated rings. The Bertz CT molecular complexity index is 1320. The molecule has 1 aliphatic carbocycles. The summed E-state index contributed by atoms with van der Waals surface area (Å²) in [4.78, 5) is 16.1. The maximum atomic E-state index is 13.1. The second-order valence-electron chi connectivity index (χ2n) is 8.84. The molecule has 32 heavy (non-hydrogen) atoms. The molecule has 7 nitrogen and oxygen atoms in total. The average Bonchev–Trinajstić information content (AvgIpc) is 3.36. The number of fused-ring (bicyclic) bond motifs is 2. The molecule has 1 saturated heterocycles. The van der Waals surface area contributed by atoms with Crippen LogP contribution in [-0.2, 0) is 0 Å². The van der Waals surface area contributed by atoms with Crippen LogP contribution >= 0.6 is 0 Å². The van der Waals surface area contributed by atoms with Gasteiger partial charge < -0.3 is 19.7 Å². The van der Waals surface area contributed by atoms with Crippen LogP contribution in [0, 0.1) is 6.92 Å². The van der Waals surface area contributed by atoms with E-state index in [1.807, 2.05) is 24.3 Å². The van der Waals surface area contributed by atoms with Crippen LogP contribution in [0.4, 0.5) is 10.2 Å². The van der Waals surface area contributed by atoms with Crippen molar-refractivity contribution in [1.82, 2.24) is 20.3 Å². The Balaban J connectivity index is 1.24. The van der Waals surface area contributed by atoms with E-state index in [4.69, 9.17) is 14.4 Å². The summed E-state index contributed by atoms with van der Waals surface area (Å²) in [5.74, 6) is 1.59. The summed E-state index contributed by atoms with van der Waals surface area (Å²) in [7, 11) is 0. The smallest absolute Gasteiger partial charge is 0.192 e. The van der Waals surface area contributed by atoms with Gasteiger partial charge in [0.05, 0.1) is 16.7 Å². The molecule has 0 spiro atoms. The fourth-order valence-electron chi connectivity index (χ4n) is 4.73. The summed E-state index contributed by atoms with van der Waals surface area (Å²) in [6.07, 6.45) is 1.68. The third-order valence-electron chi connectivity index (χ3n) is 6.48. The molecule has 0 radical (unpaired) electrons. The number of alkyl halides is 1. The van der Waals surface area contributed by atoms with Gasteiger partial charge in [-0.2, -0.15) is 0 Å². The molecule has 1 aliphatic heterocycles. The highest BCUT2D eigenvalue weighted by atomic mass is 19.1. The van der Waals surface area contributed by atoms with Crippen LogP contribution in [0.15, 0.2) is 40.8 Å². The number of oxazole rings is 1. The van der Waals surface area contributed by atoms with E-state index in [0.717, 1.165) is 36.4 Å². The van der Waals surface area contributed by atoms with Crippen molar-refractivity contribution in [1.29, 1.82) is 0 Å². The van der Waals surface area contributed by atoms with E-state index in [2.05, 4.69) is 15.2 Å². The van der Waals surface area contributed by atoms with Gasteiger partial charge in [0.1, 0.15) is 23.3 Å². The second-order valence-corrected chi connectivity index (χ2v) is 8.84. The molecule has 164 valence electrons. The van der Waals surface area contributed by atoms with Gasteiger partial charge in [-0.3, -0.25) is 0 Å². The van der Waals surface area contributed by atoms with Gasteiger partial charge in [0.25, 0.3) is 0 Å². The summed E-state index contributed by atoms with van der Waals surface area (Å²) in [5, 5.41) is 14.1. The van der Waals surface area contributed by atoms with Crippen molar-refractivity contribution in [3.05, 3.63) is 42.3 Å². The summed E-state index contributed by atoms with van der Waals surface area (Å²) in [6, 6.07) is 11.8. The number of phenolic OH excluding ortho intramolecular Hbond substituents is 1. The van der Waals surface area contributed by atoms with Gasteiger partial charge in [0.15, 0.2) is 11.5 Å². The quantitative estimate of drug-likeness (QED) is 0.501. The fourth-order valence-corrected chi connectivity index (χ4v) is 4.73. The van der Waals surface area contributed by atoms with Gasteiger partial charge >= 0.3 is 0 Å². The van der Waals surface area contributed by atoms with E-state index in [1.54, 1.807) is 19.1 Å². The molecule has 4 aromatic rings. The number of aromatic hydroxyl groups is 1. The lowest BCUT2D eigenvalue weighted by molar-refractivity contribution is 0.148. The first-order chi connectivity index (χ1) is 15.5. The van der Waals surface area contributed by atoms with Crippen molar-refractivity contribution in [3.63, 3.8) is 0 Å². The average molecular weight is 433 g/mol. The minimum atomic E-state index is -0.631. The SMILES string of the molecule is Cc1nc2cc(O)c(-c3ccc4nc(N5CCC(NC6CC(F)C6)C5)ccc4n3)cc2o1. The Labute approximate surface area is 184 Å². The zero-order valence-corrected chi connectivity index (χ0v) is 17.8. The van der Waals surface area contributed by atoms with Crippen molar-refractivity contribution in [2.75, 3.05) is 18.0 Å². The van der Waals surface area contributed by atoms with E-state index < -0.39 is 6.17 Å². The van der Waals surface area contributed by atoms with Gasteiger partial charge in [0, 0.05) is 43.7 Å². The molecule has 1 unspecified atom stereocenters. The van der Waals surface area contributed by atoms with Crippen LogP contribution < -0.4 is 10.2 Å². The van der Waals surface area contributed by atoms with E-state index in [0.29, 0.717) is 53.2 Å². The predicted octanol–water partition coefficient (Wildman–Crippen LogP) is 4.12. The predicted molar refractivity (Wildman–Crippen MR) is 121 cm³/mol. The first kappa shape index (κ1) is 19.4. The lowest BCUT2D eigenvalue weighted by Crippen LogP contribution is -2.48. The highest BCUT2D eigenvalue weighted by molar-refractivity contribution is 5.86. The number of nitrogens with one attached hydrogen (secondary N) is 1. The summed E-state index contributed by atoms with van der Waals surface area (Å²) >= 11 is 0. The summed E-state index contributed by atoms with van der Waals surface area (Å²) < 4.78 is 18.7. The summed E-state index contributed by atoms with van der Waals surface area (Å²) in [6.45, 7) is 3.58. The molecule has 4 heterocycles. The molecular weight excluding hydrogens is 409 g/mol. The van der Waals surface area contributed by atoms with Crippen molar-refractivity contribution in [2.45, 2.75) is 44.4 Å². The monoisotopic (exact) mass is 433 g/mol. The highest BCUT2D eigenvalue weighted by Crippen LogP contribution is 2.34. The van der Waals surface area contributed by atoms with Crippen LogP contribution in [0.3, 0.4) is 0 Å². The third kappa shape index (κ3) is 3.44. The van der Waals surface area contributed by atoms with Crippen molar-refractivity contribution >= 4 is 28.0 Å². The Hall–Kier alpha value is -3.26. The number of anilines is 1. The minimum Gasteiger partial charge on any atom is -0.507 e. The van der Waals surface area contributed by atoms with Crippen molar-refractivity contribution in [3.8, 4) is 17.0 Å². The number of benzene rings is 1. The lowest BCUT2D eigenvalue weighted by atomic mass is 9.90. The van der Waals surface area contributed by atoms with Crippen LogP contribution in [0.25, 0.3) is 33.4 Å². The first-order valence-electron chi connectivity index (χ1n) is 11.1. The minimum absolute atomic E-state index is 0.114. The van der Waals surface area contributed by atoms with Crippen LogP contribution in [0.2, 0.25) is 0 Å². The molecule has 3 aromatic heterocycles. The molecule has 1 atom stereocenters. The third-order valence-corrected chi connectivity index (χ3v) is 6.48. The Morgan fingerprint density at radius 3 is 2.69 bits per heavy atom. The molecule has 0 bridgehead atoms. The van der Waals surface area contributed by atoms with E-state index >= 15 is 0 Å². The number of aryl methyl sites for hydroxylation is 1. The van der Waals surface area contributed by atoms with E-state index in [-0.39, 0.29) is 5.75 Å². The molecule has 2 N–H and O–H groups in total. The number of rotatable bonds is 4. The number of halogens is 1. The molecular formula is C24H24FN5O2. The molecule has 6 rings (SSSR count). The van der Waals surface area contributed by atoms with Gasteiger partial charge in [0.2, 0.25) is 0 Å². The zero-order valence-electron chi connectivity index (χ0n) is 17.8. The first-order valence-corrected chi connectivity index (χ1v) is 11.1. The number of pyridine rings is 2. The number of nitrogens with zero attached hydrogens (tertiary/aromatic N) is 4. The standard InChI is InChI=1S/C24H24FN5O2/c1-13-26-21-11-22(31)17(10-23(21)32-13)18-2-3-20-19(28-18)4-5-24(29-20)30-7-6-15(12-30)27-16-8-14(25)9-16/h2-5,10-11,14-16,27,31H,6-9,12H2,1H3. The van der Waals surface area contributed by atoms with Gasteiger partial charge in [-0.15, -0.1) is 0 Å². The van der Waals surface area contributed by atoms with Crippen molar-refractivity contribution in [2.24, 2.45) is 0 Å². The molecule has 2 aliphatic rings. The van der Waals surface area contributed by atoms with E-state index in [1.165, 1.54) is 0 Å².